The van der Waals surface area contributed by atoms with E-state index in [0.717, 1.165) is 48.3 Å². The molecule has 3 rings (SSSR count). The summed E-state index contributed by atoms with van der Waals surface area (Å²) in [5.41, 5.74) is 2.41. The summed E-state index contributed by atoms with van der Waals surface area (Å²) < 4.78 is 2.35. The lowest BCUT2D eigenvalue weighted by atomic mass is 10.0. The molecule has 0 fully saturated rings. The summed E-state index contributed by atoms with van der Waals surface area (Å²) in [6.45, 7) is 9.16. The molecule has 6 nitrogen and oxygen atoms in total. The molecule has 36 heavy (non-hydrogen) atoms. The third-order valence-corrected chi connectivity index (χ3v) is 7.97. The van der Waals surface area contributed by atoms with Crippen molar-refractivity contribution < 1.29 is 9.59 Å². The summed E-state index contributed by atoms with van der Waals surface area (Å²) in [6.07, 6.45) is 6.38. The van der Waals surface area contributed by atoms with Crippen molar-refractivity contribution in [2.24, 2.45) is 5.92 Å². The molecular weight excluding hydrogens is 488 g/mol. The van der Waals surface area contributed by atoms with Gasteiger partial charge in [0.25, 0.3) is 5.91 Å². The Labute approximate surface area is 223 Å². The lowest BCUT2D eigenvalue weighted by molar-refractivity contribution is -0.123. The fourth-order valence-electron chi connectivity index (χ4n) is 4.54. The van der Waals surface area contributed by atoms with Crippen molar-refractivity contribution in [3.05, 3.63) is 52.0 Å². The Bertz CT molecular complexity index is 1120. The van der Waals surface area contributed by atoms with Crippen LogP contribution >= 0.6 is 23.1 Å². The molecule has 0 saturated carbocycles. The van der Waals surface area contributed by atoms with Crippen LogP contribution in [0.4, 0.5) is 0 Å². The highest BCUT2D eigenvalue weighted by atomic mass is 32.2. The van der Waals surface area contributed by atoms with Crippen molar-refractivity contribution in [2.45, 2.75) is 71.9 Å². The zero-order valence-electron chi connectivity index (χ0n) is 22.2. The number of carbonyl (C=O) groups is 2. The Morgan fingerprint density at radius 1 is 1.17 bits per heavy atom. The van der Waals surface area contributed by atoms with E-state index in [-0.39, 0.29) is 17.7 Å². The number of nitrogens with zero attached hydrogens (tertiary/aromatic N) is 2. The first-order valence-electron chi connectivity index (χ1n) is 13.0. The summed E-state index contributed by atoms with van der Waals surface area (Å²) in [5.74, 6) is 1.96. The maximum atomic E-state index is 13.2. The first-order chi connectivity index (χ1) is 17.4. The quantitative estimate of drug-likeness (QED) is 0.249. The number of rotatable bonds is 14. The molecule has 2 amide bonds. The number of hydrogen-bond acceptors (Lipinski definition) is 5. The fourth-order valence-corrected chi connectivity index (χ4v) is 5.68. The van der Waals surface area contributed by atoms with Gasteiger partial charge in [0, 0.05) is 29.4 Å². The van der Waals surface area contributed by atoms with E-state index in [1.54, 1.807) is 23.1 Å². The molecular formula is C28H40N4O2S2. The maximum Gasteiger partial charge on any atom is 0.252 e. The normalized spacial score (nSPS) is 12.4. The van der Waals surface area contributed by atoms with Crippen LogP contribution in [0.25, 0.3) is 11.0 Å². The number of carbonyl (C=O) groups excluding carboxylic acids is 2. The van der Waals surface area contributed by atoms with Gasteiger partial charge in [0.05, 0.1) is 11.0 Å². The number of fused-ring (bicyclic) bond motifs is 1. The number of amides is 2. The number of aromatic nitrogens is 2. The average molecular weight is 529 g/mol. The van der Waals surface area contributed by atoms with Crippen LogP contribution in [-0.4, -0.2) is 46.0 Å². The SMILES string of the molecule is CCC(CC)n1c(Cc2cccs2)nc2cc(C(=O)N[C@@H](CC(C)C)C(=O)NCCCSC)ccc21. The monoisotopic (exact) mass is 528 g/mol. The third kappa shape index (κ3) is 7.35. The van der Waals surface area contributed by atoms with Gasteiger partial charge < -0.3 is 15.2 Å². The molecule has 1 aromatic carbocycles. The largest absolute Gasteiger partial charge is 0.354 e. The highest BCUT2D eigenvalue weighted by Gasteiger charge is 2.24. The summed E-state index contributed by atoms with van der Waals surface area (Å²) in [7, 11) is 0. The number of benzene rings is 1. The van der Waals surface area contributed by atoms with Crippen LogP contribution < -0.4 is 10.6 Å². The van der Waals surface area contributed by atoms with Crippen molar-refractivity contribution in [1.82, 2.24) is 20.2 Å². The molecule has 0 spiro atoms. The zero-order valence-corrected chi connectivity index (χ0v) is 23.8. The lowest BCUT2D eigenvalue weighted by Gasteiger charge is -2.20. The molecule has 2 heterocycles. The zero-order chi connectivity index (χ0) is 26.1. The molecule has 2 N–H and O–H groups in total. The highest BCUT2D eigenvalue weighted by Crippen LogP contribution is 2.28. The lowest BCUT2D eigenvalue weighted by Crippen LogP contribution is -2.47. The van der Waals surface area contributed by atoms with Crippen LogP contribution in [0.1, 0.15) is 80.5 Å². The van der Waals surface area contributed by atoms with Crippen molar-refractivity contribution in [1.29, 1.82) is 0 Å². The molecule has 0 aliphatic carbocycles. The van der Waals surface area contributed by atoms with E-state index < -0.39 is 6.04 Å². The van der Waals surface area contributed by atoms with Gasteiger partial charge in [0.2, 0.25) is 5.91 Å². The molecule has 0 aliphatic heterocycles. The molecule has 0 bridgehead atoms. The number of imidazole rings is 1. The molecule has 8 heteroatoms. The first-order valence-corrected chi connectivity index (χ1v) is 15.3. The molecule has 1 atom stereocenters. The van der Waals surface area contributed by atoms with Crippen molar-refractivity contribution in [2.75, 3.05) is 18.6 Å². The van der Waals surface area contributed by atoms with Gasteiger partial charge in [-0.2, -0.15) is 11.8 Å². The highest BCUT2D eigenvalue weighted by molar-refractivity contribution is 7.98. The van der Waals surface area contributed by atoms with Gasteiger partial charge >= 0.3 is 0 Å². The predicted octanol–water partition coefficient (Wildman–Crippen LogP) is 6.06. The van der Waals surface area contributed by atoms with E-state index in [0.29, 0.717) is 24.6 Å². The summed E-state index contributed by atoms with van der Waals surface area (Å²) in [5, 5.41) is 8.06. The second-order valence-electron chi connectivity index (χ2n) is 9.62. The van der Waals surface area contributed by atoms with Gasteiger partial charge in [-0.15, -0.1) is 11.3 Å². The number of hydrogen-bond donors (Lipinski definition) is 2. The van der Waals surface area contributed by atoms with E-state index in [4.69, 9.17) is 4.98 Å². The van der Waals surface area contributed by atoms with Crippen LogP contribution in [0.3, 0.4) is 0 Å². The smallest absolute Gasteiger partial charge is 0.252 e. The van der Waals surface area contributed by atoms with E-state index in [9.17, 15) is 9.59 Å². The summed E-state index contributed by atoms with van der Waals surface area (Å²) in [4.78, 5) is 32.3. The number of nitrogens with one attached hydrogen (secondary N) is 2. The second-order valence-corrected chi connectivity index (χ2v) is 11.6. The number of thiophene rings is 1. The van der Waals surface area contributed by atoms with Crippen LogP contribution in [0.2, 0.25) is 0 Å². The van der Waals surface area contributed by atoms with Gasteiger partial charge in [0.15, 0.2) is 0 Å². The average Bonchev–Trinajstić information content (AvgIpc) is 3.49. The van der Waals surface area contributed by atoms with E-state index >= 15 is 0 Å². The van der Waals surface area contributed by atoms with Crippen molar-refractivity contribution in [3.63, 3.8) is 0 Å². The van der Waals surface area contributed by atoms with E-state index in [1.165, 1.54) is 4.88 Å². The Hall–Kier alpha value is -2.32. The molecule has 3 aromatic rings. The van der Waals surface area contributed by atoms with Crippen LogP contribution in [0, 0.1) is 5.92 Å². The molecule has 2 aromatic heterocycles. The second kappa shape index (κ2) is 13.8. The fraction of sp³-hybridized carbons (Fsp3) is 0.536. The molecule has 0 radical (unpaired) electrons. The van der Waals surface area contributed by atoms with Crippen LogP contribution in [-0.2, 0) is 11.2 Å². The minimum Gasteiger partial charge on any atom is -0.354 e. The Morgan fingerprint density at radius 2 is 1.94 bits per heavy atom. The molecule has 0 unspecified atom stereocenters. The standard InChI is InChI=1S/C28H40N4O2S2/c1-6-21(7-2)32-25-12-11-20(17-23(25)30-26(32)18-22-10-8-15-36-22)27(33)31-24(16-19(3)4)28(34)29-13-9-14-35-5/h8,10-12,15,17,19,21,24H,6-7,9,13-14,16,18H2,1-5H3,(H,29,34)(H,31,33)/t24-/m0/s1. The topological polar surface area (TPSA) is 76.0 Å². The van der Waals surface area contributed by atoms with E-state index in [1.807, 2.05) is 18.2 Å². The molecule has 196 valence electrons. The van der Waals surface area contributed by atoms with Crippen molar-refractivity contribution >= 4 is 45.9 Å². The third-order valence-electron chi connectivity index (χ3n) is 6.40. The maximum absolute atomic E-state index is 13.2. The minimum absolute atomic E-state index is 0.115. The summed E-state index contributed by atoms with van der Waals surface area (Å²) in [6, 6.07) is 9.74. The molecule has 0 aliphatic rings. The Kier molecular flexibility index (Phi) is 10.9. The van der Waals surface area contributed by atoms with Gasteiger partial charge in [-0.1, -0.05) is 33.8 Å². The van der Waals surface area contributed by atoms with Gasteiger partial charge in [-0.05, 0) is 73.3 Å². The molecule has 0 saturated heterocycles. The minimum atomic E-state index is -0.556. The Balaban J connectivity index is 1.84. The van der Waals surface area contributed by atoms with Gasteiger partial charge in [0.1, 0.15) is 11.9 Å². The van der Waals surface area contributed by atoms with Crippen molar-refractivity contribution in [3.8, 4) is 0 Å². The number of thioether (sulfide) groups is 1. The summed E-state index contributed by atoms with van der Waals surface area (Å²) >= 11 is 3.50. The van der Waals surface area contributed by atoms with E-state index in [2.05, 4.69) is 66.7 Å². The first kappa shape index (κ1) is 28.3. The Morgan fingerprint density at radius 3 is 2.58 bits per heavy atom. The van der Waals surface area contributed by atoms with Gasteiger partial charge in [-0.3, -0.25) is 9.59 Å². The predicted molar refractivity (Wildman–Crippen MR) is 153 cm³/mol. The van der Waals surface area contributed by atoms with Crippen LogP contribution in [0.5, 0.6) is 0 Å². The van der Waals surface area contributed by atoms with Gasteiger partial charge in [-0.25, -0.2) is 4.98 Å². The van der Waals surface area contributed by atoms with Crippen LogP contribution in [0.15, 0.2) is 35.7 Å².